The van der Waals surface area contributed by atoms with Crippen molar-refractivity contribution in [1.29, 1.82) is 0 Å². The minimum absolute atomic E-state index is 0.0975. The second-order valence-corrected chi connectivity index (χ2v) is 6.70. The summed E-state index contributed by atoms with van der Waals surface area (Å²) in [5.74, 6) is -0.590. The Bertz CT molecular complexity index is 408. The Balaban J connectivity index is 2.89. The fourth-order valence-corrected chi connectivity index (χ4v) is 3.25. The van der Waals surface area contributed by atoms with Crippen molar-refractivity contribution < 1.29 is 19.1 Å². The highest BCUT2D eigenvalue weighted by Crippen LogP contribution is 2.39. The van der Waals surface area contributed by atoms with Crippen molar-refractivity contribution >= 4 is 11.9 Å². The Morgan fingerprint density at radius 1 is 1.19 bits per heavy atom. The van der Waals surface area contributed by atoms with E-state index in [-0.39, 0.29) is 29.1 Å². The molecule has 1 heterocycles. The first-order valence-electron chi connectivity index (χ1n) is 7.40. The molecular formula is C16H27NO4. The summed E-state index contributed by atoms with van der Waals surface area (Å²) in [5, 5.41) is 0. The number of nitrogens with zero attached hydrogens (tertiary/aromatic N) is 1. The summed E-state index contributed by atoms with van der Waals surface area (Å²) in [7, 11) is 0. The molecule has 0 saturated carbocycles. The number of piperidine rings is 1. The summed E-state index contributed by atoms with van der Waals surface area (Å²) in [6.45, 7) is 11.9. The van der Waals surface area contributed by atoms with Crippen molar-refractivity contribution in [2.45, 2.75) is 71.6 Å². The lowest BCUT2D eigenvalue weighted by Crippen LogP contribution is -2.59. The van der Waals surface area contributed by atoms with Gasteiger partial charge in [-0.15, -0.1) is 0 Å². The van der Waals surface area contributed by atoms with Crippen LogP contribution in [0.15, 0.2) is 12.3 Å². The highest BCUT2D eigenvalue weighted by atomic mass is 16.5. The van der Waals surface area contributed by atoms with E-state index in [0.29, 0.717) is 6.61 Å². The summed E-state index contributed by atoms with van der Waals surface area (Å²) in [5.41, 5.74) is -0.435. The Kier molecular flexibility index (Phi) is 5.42. The molecule has 5 nitrogen and oxygen atoms in total. The molecule has 0 radical (unpaired) electrons. The average Bonchev–Trinajstić information content (AvgIpc) is 2.24. The minimum Gasteiger partial charge on any atom is -0.463 e. The quantitative estimate of drug-likeness (QED) is 0.590. The molecule has 1 aliphatic heterocycles. The van der Waals surface area contributed by atoms with E-state index in [1.54, 1.807) is 13.1 Å². The fraction of sp³-hybridized carbons (Fsp3) is 0.750. The highest BCUT2D eigenvalue weighted by Gasteiger charge is 2.44. The highest BCUT2D eigenvalue weighted by molar-refractivity contribution is 5.81. The van der Waals surface area contributed by atoms with Crippen LogP contribution in [0.4, 0.5) is 0 Å². The lowest BCUT2D eigenvalue weighted by molar-refractivity contribution is -0.154. The van der Waals surface area contributed by atoms with E-state index in [0.717, 1.165) is 12.8 Å². The molecule has 21 heavy (non-hydrogen) atoms. The molecule has 0 N–H and O–H groups in total. The van der Waals surface area contributed by atoms with Gasteiger partial charge in [0.2, 0.25) is 0 Å². The molecule has 0 aromatic heterocycles. The number of carbonyl (C=O) groups excluding carboxylic acids is 2. The van der Waals surface area contributed by atoms with Crippen LogP contribution in [-0.2, 0) is 19.1 Å². The third-order valence-corrected chi connectivity index (χ3v) is 3.74. The van der Waals surface area contributed by atoms with E-state index in [1.807, 2.05) is 0 Å². The van der Waals surface area contributed by atoms with Gasteiger partial charge in [0.05, 0.1) is 6.61 Å². The van der Waals surface area contributed by atoms with E-state index >= 15 is 0 Å². The topological polar surface area (TPSA) is 55.8 Å². The van der Waals surface area contributed by atoms with Crippen molar-refractivity contribution in [2.24, 2.45) is 0 Å². The van der Waals surface area contributed by atoms with Gasteiger partial charge in [-0.2, -0.15) is 0 Å². The van der Waals surface area contributed by atoms with Crippen molar-refractivity contribution in [1.82, 2.24) is 4.90 Å². The van der Waals surface area contributed by atoms with Crippen LogP contribution in [0.2, 0.25) is 0 Å². The van der Waals surface area contributed by atoms with Crippen LogP contribution in [0, 0.1) is 0 Å². The first-order chi connectivity index (χ1) is 9.58. The monoisotopic (exact) mass is 297 g/mol. The molecule has 0 atom stereocenters. The Hall–Kier alpha value is -1.52. The van der Waals surface area contributed by atoms with Gasteiger partial charge in [-0.1, -0.05) is 0 Å². The van der Waals surface area contributed by atoms with Crippen molar-refractivity contribution in [2.75, 3.05) is 6.61 Å². The minimum atomic E-state index is -0.341. The van der Waals surface area contributed by atoms with Crippen molar-refractivity contribution in [3.05, 3.63) is 12.3 Å². The van der Waals surface area contributed by atoms with Crippen molar-refractivity contribution in [3.63, 3.8) is 0 Å². The van der Waals surface area contributed by atoms with Gasteiger partial charge < -0.3 is 14.4 Å². The standard InChI is InChI=1S/C16H27NO4/c1-7-20-14(19)8-9-17-15(3,4)10-13(21-12(2)18)11-16(17,5)6/h8-9,13H,7,10-11H2,1-6H3. The molecule has 0 bridgehead atoms. The maximum atomic E-state index is 11.5. The van der Waals surface area contributed by atoms with Crippen LogP contribution in [0.25, 0.3) is 0 Å². The number of ether oxygens (including phenoxy) is 2. The van der Waals surface area contributed by atoms with Gasteiger partial charge in [-0.3, -0.25) is 4.79 Å². The SMILES string of the molecule is CCOC(=O)C=CN1C(C)(C)CC(OC(C)=O)CC1(C)C. The number of hydrogen-bond acceptors (Lipinski definition) is 5. The lowest BCUT2D eigenvalue weighted by Gasteiger charge is -2.54. The Labute approximate surface area is 127 Å². The summed E-state index contributed by atoms with van der Waals surface area (Å²) >= 11 is 0. The molecule has 0 aliphatic carbocycles. The van der Waals surface area contributed by atoms with Gasteiger partial charge in [0.25, 0.3) is 0 Å². The Morgan fingerprint density at radius 2 is 1.71 bits per heavy atom. The number of rotatable bonds is 4. The van der Waals surface area contributed by atoms with E-state index in [2.05, 4.69) is 32.6 Å². The largest absolute Gasteiger partial charge is 0.463 e. The number of likely N-dealkylation sites (tertiary alicyclic amines) is 1. The second-order valence-electron chi connectivity index (χ2n) is 6.70. The molecule has 0 amide bonds. The molecule has 0 aromatic rings. The normalized spacial score (nSPS) is 21.3. The van der Waals surface area contributed by atoms with E-state index in [9.17, 15) is 9.59 Å². The third-order valence-electron chi connectivity index (χ3n) is 3.74. The van der Waals surface area contributed by atoms with Crippen LogP contribution in [0.3, 0.4) is 0 Å². The molecule has 0 unspecified atom stereocenters. The van der Waals surface area contributed by atoms with Crippen LogP contribution >= 0.6 is 0 Å². The third kappa shape index (κ3) is 4.76. The first kappa shape index (κ1) is 17.5. The van der Waals surface area contributed by atoms with Gasteiger partial charge in [0.1, 0.15) is 6.10 Å². The summed E-state index contributed by atoms with van der Waals surface area (Å²) < 4.78 is 10.3. The number of esters is 2. The zero-order valence-electron chi connectivity index (χ0n) is 13.9. The smallest absolute Gasteiger partial charge is 0.332 e. The molecular weight excluding hydrogens is 270 g/mol. The lowest BCUT2D eigenvalue weighted by atomic mass is 9.78. The summed E-state index contributed by atoms with van der Waals surface area (Å²) in [6.07, 6.45) is 4.60. The molecule has 1 rings (SSSR count). The maximum Gasteiger partial charge on any atom is 0.332 e. The predicted octanol–water partition coefficient (Wildman–Crippen LogP) is 2.65. The molecule has 1 saturated heterocycles. The van der Waals surface area contributed by atoms with Gasteiger partial charge >= 0.3 is 11.9 Å². The zero-order valence-corrected chi connectivity index (χ0v) is 13.9. The van der Waals surface area contributed by atoms with E-state index in [1.165, 1.54) is 13.0 Å². The van der Waals surface area contributed by atoms with E-state index in [4.69, 9.17) is 9.47 Å². The van der Waals surface area contributed by atoms with Gasteiger partial charge in [0, 0.05) is 43.1 Å². The molecule has 0 aromatic carbocycles. The predicted molar refractivity (Wildman–Crippen MR) is 80.6 cm³/mol. The number of hydrogen-bond donors (Lipinski definition) is 0. The summed E-state index contributed by atoms with van der Waals surface area (Å²) in [4.78, 5) is 24.9. The molecule has 1 fully saturated rings. The second kappa shape index (κ2) is 6.50. The van der Waals surface area contributed by atoms with Crippen LogP contribution < -0.4 is 0 Å². The molecule has 120 valence electrons. The number of carbonyl (C=O) groups is 2. The molecule has 5 heteroatoms. The van der Waals surface area contributed by atoms with Crippen LogP contribution in [0.5, 0.6) is 0 Å². The van der Waals surface area contributed by atoms with Gasteiger partial charge in [-0.25, -0.2) is 4.79 Å². The van der Waals surface area contributed by atoms with E-state index < -0.39 is 0 Å². The summed E-state index contributed by atoms with van der Waals surface area (Å²) in [6, 6.07) is 0. The molecule has 0 spiro atoms. The van der Waals surface area contributed by atoms with Crippen LogP contribution in [-0.4, -0.2) is 40.6 Å². The fourth-order valence-electron chi connectivity index (χ4n) is 3.25. The Morgan fingerprint density at radius 3 is 2.14 bits per heavy atom. The zero-order chi connectivity index (χ0) is 16.3. The first-order valence-corrected chi connectivity index (χ1v) is 7.40. The molecule has 1 aliphatic rings. The van der Waals surface area contributed by atoms with Crippen LogP contribution in [0.1, 0.15) is 54.4 Å². The van der Waals surface area contributed by atoms with Crippen molar-refractivity contribution in [3.8, 4) is 0 Å². The van der Waals surface area contributed by atoms with Gasteiger partial charge in [-0.05, 0) is 34.6 Å². The van der Waals surface area contributed by atoms with Gasteiger partial charge in [0.15, 0.2) is 0 Å². The maximum absolute atomic E-state index is 11.5. The average molecular weight is 297 g/mol.